The molecule has 0 aliphatic heterocycles. The van der Waals surface area contributed by atoms with Crippen molar-refractivity contribution in [3.8, 4) is 5.75 Å². The number of aliphatic hydroxyl groups excluding tert-OH is 1. The number of nitrogens with zero attached hydrogens (tertiary/aromatic N) is 1. The number of carbonyl (C=O) groups is 1. The first kappa shape index (κ1) is 39.6. The molecule has 0 saturated heterocycles. The SMILES string of the molecule is CC.CC.CC(C)C.CCCN=C\C(C(C)=O)=C(O)/C=C(C)/C(C)=C/C(=C(C)C)c1c(F)cccc1OC. The summed E-state index contributed by atoms with van der Waals surface area (Å²) in [5.74, 6) is 0.504. The van der Waals surface area contributed by atoms with Crippen molar-refractivity contribution in [3.05, 3.63) is 69.8 Å². The van der Waals surface area contributed by atoms with Crippen LogP contribution in [0, 0.1) is 11.7 Å². The van der Waals surface area contributed by atoms with Crippen LogP contribution in [-0.4, -0.2) is 30.8 Å². The molecule has 38 heavy (non-hydrogen) atoms. The van der Waals surface area contributed by atoms with Crippen LogP contribution in [0.25, 0.3) is 5.57 Å². The zero-order chi connectivity index (χ0) is 30.4. The summed E-state index contributed by atoms with van der Waals surface area (Å²) in [6.45, 7) is 26.0. The summed E-state index contributed by atoms with van der Waals surface area (Å²) in [6.07, 6.45) is 5.65. The molecule has 0 saturated carbocycles. The van der Waals surface area contributed by atoms with Crippen molar-refractivity contribution in [2.75, 3.05) is 13.7 Å². The molecule has 5 heteroatoms. The number of benzene rings is 1. The molecule has 1 aromatic carbocycles. The molecular weight excluding hydrogens is 477 g/mol. The second kappa shape index (κ2) is 23.2. The summed E-state index contributed by atoms with van der Waals surface area (Å²) in [5.41, 5.74) is 3.73. The van der Waals surface area contributed by atoms with Crippen LogP contribution >= 0.6 is 0 Å². The maximum atomic E-state index is 14.6. The van der Waals surface area contributed by atoms with E-state index >= 15 is 0 Å². The molecule has 0 aromatic heterocycles. The van der Waals surface area contributed by atoms with Gasteiger partial charge in [0.1, 0.15) is 17.3 Å². The number of aliphatic imine (C=N–C) groups is 1. The van der Waals surface area contributed by atoms with Crippen molar-refractivity contribution in [2.45, 2.75) is 96.4 Å². The summed E-state index contributed by atoms with van der Waals surface area (Å²) in [5, 5.41) is 10.5. The Morgan fingerprint density at radius 3 is 1.92 bits per heavy atom. The predicted molar refractivity (Wildman–Crippen MR) is 166 cm³/mol. The fourth-order valence-corrected chi connectivity index (χ4v) is 2.75. The molecule has 0 amide bonds. The molecule has 0 heterocycles. The molecule has 0 unspecified atom stereocenters. The highest BCUT2D eigenvalue weighted by Gasteiger charge is 2.15. The molecule has 0 fully saturated rings. The molecule has 4 nitrogen and oxygen atoms in total. The summed E-state index contributed by atoms with van der Waals surface area (Å²) in [7, 11) is 1.51. The quantitative estimate of drug-likeness (QED) is 0.149. The Labute approximate surface area is 233 Å². The average Bonchev–Trinajstić information content (AvgIpc) is 2.86. The summed E-state index contributed by atoms with van der Waals surface area (Å²) >= 11 is 0. The van der Waals surface area contributed by atoms with Crippen molar-refractivity contribution in [1.29, 1.82) is 0 Å². The lowest BCUT2D eigenvalue weighted by molar-refractivity contribution is -0.113. The third-order valence-corrected chi connectivity index (χ3v) is 4.57. The number of aliphatic hydroxyl groups is 1. The Bertz CT molecular complexity index is 973. The number of allylic oxidation sites excluding steroid dienone is 7. The highest BCUT2D eigenvalue weighted by molar-refractivity contribution is 6.12. The second-order valence-electron chi connectivity index (χ2n) is 9.01. The standard InChI is InChI=1S/C25H32FNO3.C4H10.2C2H6/c1-8-12-27-15-21(19(6)28)23(29)14-18(5)17(4)13-20(16(2)3)25-22(26)10-9-11-24(25)30-7;1-4(2)3;2*1-2/h9-11,13-15,29H,8,12H2,1-7H3;4H,1-3H3;2*1-2H3/b17-13+,18-14+,23-21-,27-15?;;;. The van der Waals surface area contributed by atoms with Crippen LogP contribution in [0.15, 0.2) is 63.4 Å². The summed E-state index contributed by atoms with van der Waals surface area (Å²) in [6, 6.07) is 4.72. The second-order valence-corrected chi connectivity index (χ2v) is 9.01. The van der Waals surface area contributed by atoms with Crippen molar-refractivity contribution in [2.24, 2.45) is 10.9 Å². The van der Waals surface area contributed by atoms with Gasteiger partial charge in [-0.15, -0.1) is 0 Å². The number of ketones is 1. The maximum Gasteiger partial charge on any atom is 0.165 e. The molecule has 0 bridgehead atoms. The van der Waals surface area contributed by atoms with Gasteiger partial charge < -0.3 is 9.84 Å². The van der Waals surface area contributed by atoms with Crippen LogP contribution in [0.3, 0.4) is 0 Å². The van der Waals surface area contributed by atoms with Gasteiger partial charge in [-0.3, -0.25) is 9.79 Å². The van der Waals surface area contributed by atoms with Gasteiger partial charge in [0, 0.05) is 12.8 Å². The van der Waals surface area contributed by atoms with Gasteiger partial charge >= 0.3 is 0 Å². The van der Waals surface area contributed by atoms with E-state index < -0.39 is 0 Å². The average molecular weight is 532 g/mol. The van der Waals surface area contributed by atoms with Crippen molar-refractivity contribution in [1.82, 2.24) is 0 Å². The molecule has 216 valence electrons. The van der Waals surface area contributed by atoms with Gasteiger partial charge in [-0.2, -0.15) is 0 Å². The van der Waals surface area contributed by atoms with Crippen LogP contribution in [0.4, 0.5) is 4.39 Å². The van der Waals surface area contributed by atoms with Crippen LogP contribution in [0.1, 0.15) is 102 Å². The van der Waals surface area contributed by atoms with Gasteiger partial charge in [-0.05, 0) is 81.9 Å². The van der Waals surface area contributed by atoms with Gasteiger partial charge in [-0.1, -0.05) is 73.1 Å². The largest absolute Gasteiger partial charge is 0.507 e. The lowest BCUT2D eigenvalue weighted by atomic mass is 9.95. The number of Topliss-reactive ketones (excluding diaryl/α,β-unsaturated/α-hetero) is 1. The van der Waals surface area contributed by atoms with Crippen LogP contribution < -0.4 is 4.74 Å². The Morgan fingerprint density at radius 2 is 1.50 bits per heavy atom. The maximum absolute atomic E-state index is 14.6. The van der Waals surface area contributed by atoms with Gasteiger partial charge in [0.15, 0.2) is 5.78 Å². The third-order valence-electron chi connectivity index (χ3n) is 4.57. The smallest absolute Gasteiger partial charge is 0.165 e. The number of hydrogen-bond donors (Lipinski definition) is 1. The number of hydrogen-bond acceptors (Lipinski definition) is 4. The summed E-state index contributed by atoms with van der Waals surface area (Å²) < 4.78 is 19.9. The zero-order valence-electron chi connectivity index (χ0n) is 26.5. The molecule has 0 spiro atoms. The molecule has 1 N–H and O–H groups in total. The number of carbonyl (C=O) groups excluding carboxylic acids is 1. The highest BCUT2D eigenvalue weighted by atomic mass is 19.1. The van der Waals surface area contributed by atoms with E-state index in [0.717, 1.165) is 29.1 Å². The number of methoxy groups -OCH3 is 1. The van der Waals surface area contributed by atoms with E-state index in [2.05, 4.69) is 25.8 Å². The van der Waals surface area contributed by atoms with Crippen molar-refractivity contribution < 1.29 is 19.0 Å². The van der Waals surface area contributed by atoms with Crippen molar-refractivity contribution >= 4 is 17.6 Å². The van der Waals surface area contributed by atoms with E-state index in [1.807, 2.05) is 68.4 Å². The first-order valence-electron chi connectivity index (χ1n) is 13.7. The molecule has 0 atom stereocenters. The monoisotopic (exact) mass is 531 g/mol. The molecular formula is C33H54FNO3. The van der Waals surface area contributed by atoms with E-state index in [1.165, 1.54) is 32.4 Å². The first-order valence-corrected chi connectivity index (χ1v) is 13.7. The minimum Gasteiger partial charge on any atom is -0.507 e. The summed E-state index contributed by atoms with van der Waals surface area (Å²) in [4.78, 5) is 16.0. The first-order chi connectivity index (χ1) is 17.9. The lowest BCUT2D eigenvalue weighted by Gasteiger charge is -2.14. The Morgan fingerprint density at radius 1 is 1.00 bits per heavy atom. The fourth-order valence-electron chi connectivity index (χ4n) is 2.75. The normalized spacial score (nSPS) is 11.8. The number of halogens is 1. The van der Waals surface area contributed by atoms with Crippen molar-refractivity contribution in [3.63, 3.8) is 0 Å². The number of rotatable bonds is 9. The highest BCUT2D eigenvalue weighted by Crippen LogP contribution is 2.33. The van der Waals surface area contributed by atoms with E-state index in [0.29, 0.717) is 23.4 Å². The fraction of sp³-hybridized carbons (Fsp3) is 0.515. The Balaban J connectivity index is -0.00000136. The van der Waals surface area contributed by atoms with Gasteiger partial charge in [0.2, 0.25) is 0 Å². The van der Waals surface area contributed by atoms with Crippen LogP contribution in [0.2, 0.25) is 0 Å². The topological polar surface area (TPSA) is 58.9 Å². The van der Waals surface area contributed by atoms with E-state index in [1.54, 1.807) is 12.1 Å². The minimum atomic E-state index is -0.370. The zero-order valence-corrected chi connectivity index (χ0v) is 26.5. The van der Waals surface area contributed by atoms with Crippen LogP contribution in [-0.2, 0) is 4.79 Å². The molecule has 0 aliphatic rings. The van der Waals surface area contributed by atoms with E-state index in [4.69, 9.17) is 4.74 Å². The van der Waals surface area contributed by atoms with Gasteiger partial charge in [-0.25, -0.2) is 4.39 Å². The third kappa shape index (κ3) is 16.0. The Kier molecular flexibility index (Phi) is 24.1. The molecule has 1 aromatic rings. The van der Waals surface area contributed by atoms with Gasteiger partial charge in [0.25, 0.3) is 0 Å². The lowest BCUT2D eigenvalue weighted by Crippen LogP contribution is -2.03. The Hall–Kier alpha value is -2.95. The number of ether oxygens (including phenoxy) is 1. The predicted octanol–water partition coefficient (Wildman–Crippen LogP) is 10.1. The minimum absolute atomic E-state index is 0.144. The molecule has 0 radical (unpaired) electrons. The molecule has 1 rings (SSSR count). The van der Waals surface area contributed by atoms with E-state index in [-0.39, 0.29) is 22.9 Å². The molecule has 0 aliphatic carbocycles. The van der Waals surface area contributed by atoms with E-state index in [9.17, 15) is 14.3 Å². The van der Waals surface area contributed by atoms with Gasteiger partial charge in [0.05, 0.1) is 18.2 Å². The van der Waals surface area contributed by atoms with Crippen LogP contribution in [0.5, 0.6) is 5.75 Å².